The summed E-state index contributed by atoms with van der Waals surface area (Å²) < 4.78 is 5.97. The molecule has 1 N–H and O–H groups in total. The van der Waals surface area contributed by atoms with Crippen molar-refractivity contribution in [1.29, 1.82) is 0 Å². The smallest absolute Gasteiger partial charge is 0.303 e. The number of aliphatic hydroxyl groups excluding tert-OH is 1. The van der Waals surface area contributed by atoms with Gasteiger partial charge < -0.3 is 9.84 Å². The molecule has 0 aliphatic heterocycles. The van der Waals surface area contributed by atoms with Gasteiger partial charge in [-0.05, 0) is 64.2 Å². The van der Waals surface area contributed by atoms with Crippen LogP contribution in [0, 0.1) is 29.1 Å². The van der Waals surface area contributed by atoms with Gasteiger partial charge in [0.15, 0.2) is 0 Å². The van der Waals surface area contributed by atoms with Gasteiger partial charge in [-0.25, -0.2) is 0 Å². The van der Waals surface area contributed by atoms with Gasteiger partial charge in [0.2, 0.25) is 0 Å². The Kier molecular flexibility index (Phi) is 4.68. The standard InChI is InChI=1S/C22H34O3/c1-13(2)8-7-9-14(3)17-12-18(24)21(6)20(17)19-15(4)10-11-22(19,21)25-16(5)23/h8-9,15,17-20,24H,7,10-12H2,1-6H3. The molecule has 3 rings (SSSR count). The Morgan fingerprint density at radius 2 is 1.88 bits per heavy atom. The highest BCUT2D eigenvalue weighted by Crippen LogP contribution is 2.76. The quantitative estimate of drug-likeness (QED) is 0.595. The van der Waals surface area contributed by atoms with Crippen LogP contribution in [0.3, 0.4) is 0 Å². The fourth-order valence-corrected chi connectivity index (χ4v) is 6.47. The molecular weight excluding hydrogens is 312 g/mol. The first-order valence-corrected chi connectivity index (χ1v) is 9.82. The third kappa shape index (κ3) is 2.53. The molecule has 3 heteroatoms. The van der Waals surface area contributed by atoms with E-state index in [4.69, 9.17) is 4.74 Å². The van der Waals surface area contributed by atoms with Crippen LogP contribution < -0.4 is 0 Å². The molecule has 0 aromatic rings. The van der Waals surface area contributed by atoms with Gasteiger partial charge in [-0.3, -0.25) is 4.79 Å². The van der Waals surface area contributed by atoms with Crippen molar-refractivity contribution in [3.8, 4) is 0 Å². The topological polar surface area (TPSA) is 46.5 Å². The van der Waals surface area contributed by atoms with Gasteiger partial charge in [-0.15, -0.1) is 0 Å². The summed E-state index contributed by atoms with van der Waals surface area (Å²) in [5.74, 6) is 1.55. The molecular formula is C22H34O3. The highest BCUT2D eigenvalue weighted by atomic mass is 16.6. The predicted molar refractivity (Wildman–Crippen MR) is 99.9 cm³/mol. The van der Waals surface area contributed by atoms with Gasteiger partial charge in [-0.1, -0.05) is 37.1 Å². The molecule has 0 radical (unpaired) electrons. The van der Waals surface area contributed by atoms with Crippen molar-refractivity contribution in [2.24, 2.45) is 29.1 Å². The van der Waals surface area contributed by atoms with Crippen molar-refractivity contribution in [3.05, 3.63) is 23.3 Å². The second kappa shape index (κ2) is 6.26. The number of rotatable bonds is 4. The van der Waals surface area contributed by atoms with Crippen molar-refractivity contribution in [2.45, 2.75) is 78.9 Å². The van der Waals surface area contributed by atoms with Gasteiger partial charge in [0.1, 0.15) is 5.60 Å². The van der Waals surface area contributed by atoms with Crippen molar-refractivity contribution in [1.82, 2.24) is 0 Å². The van der Waals surface area contributed by atoms with E-state index in [0.29, 0.717) is 23.7 Å². The molecule has 0 aromatic heterocycles. The Bertz CT molecular complexity index is 615. The maximum Gasteiger partial charge on any atom is 0.303 e. The molecule has 0 aromatic carbocycles. The van der Waals surface area contributed by atoms with Crippen molar-refractivity contribution in [3.63, 3.8) is 0 Å². The van der Waals surface area contributed by atoms with Crippen LogP contribution in [0.15, 0.2) is 23.3 Å². The Balaban J connectivity index is 1.91. The van der Waals surface area contributed by atoms with E-state index in [9.17, 15) is 9.90 Å². The molecule has 25 heavy (non-hydrogen) atoms. The molecule has 0 bridgehead atoms. The van der Waals surface area contributed by atoms with Crippen LogP contribution in [0.1, 0.15) is 67.2 Å². The van der Waals surface area contributed by atoms with Gasteiger partial charge >= 0.3 is 5.97 Å². The molecule has 3 fully saturated rings. The lowest BCUT2D eigenvalue weighted by atomic mass is 9.43. The lowest BCUT2D eigenvalue weighted by Gasteiger charge is -2.65. The summed E-state index contributed by atoms with van der Waals surface area (Å²) >= 11 is 0. The van der Waals surface area contributed by atoms with Crippen molar-refractivity contribution in [2.75, 3.05) is 0 Å². The largest absolute Gasteiger partial charge is 0.458 e. The molecule has 0 saturated heterocycles. The van der Waals surface area contributed by atoms with Crippen LogP contribution >= 0.6 is 0 Å². The van der Waals surface area contributed by atoms with Crippen molar-refractivity contribution < 1.29 is 14.6 Å². The number of aliphatic hydroxyl groups is 1. The number of allylic oxidation sites excluding steroid dienone is 4. The number of carbonyl (C=O) groups excluding carboxylic acids is 1. The molecule has 3 saturated carbocycles. The van der Waals surface area contributed by atoms with E-state index in [-0.39, 0.29) is 11.4 Å². The SMILES string of the molecule is CC(=O)OC12CCC(C)C1C1C(C(C)=CCC=C(C)C)CC(O)C12C. The summed E-state index contributed by atoms with van der Waals surface area (Å²) in [6.45, 7) is 12.4. The second-order valence-electron chi connectivity index (χ2n) is 9.16. The molecule has 3 aliphatic carbocycles. The Labute approximate surface area is 152 Å². The maximum absolute atomic E-state index is 11.8. The van der Waals surface area contributed by atoms with E-state index >= 15 is 0 Å². The number of hydrogen-bond acceptors (Lipinski definition) is 3. The normalized spacial score (nSPS) is 45.4. The first kappa shape index (κ1) is 18.7. The minimum absolute atomic E-state index is 0.203. The number of hydrogen-bond donors (Lipinski definition) is 1. The monoisotopic (exact) mass is 346 g/mol. The van der Waals surface area contributed by atoms with E-state index < -0.39 is 11.7 Å². The zero-order chi connectivity index (χ0) is 18.6. The third-order valence-corrected chi connectivity index (χ3v) is 7.59. The number of esters is 1. The molecule has 0 spiro atoms. The maximum atomic E-state index is 11.8. The highest BCUT2D eigenvalue weighted by molar-refractivity contribution is 5.67. The highest BCUT2D eigenvalue weighted by Gasteiger charge is 2.80. The first-order chi connectivity index (χ1) is 11.6. The Hall–Kier alpha value is -1.09. The molecule has 7 atom stereocenters. The van der Waals surface area contributed by atoms with Crippen LogP contribution in [0.2, 0.25) is 0 Å². The van der Waals surface area contributed by atoms with Gasteiger partial charge in [0.05, 0.1) is 6.10 Å². The second-order valence-corrected chi connectivity index (χ2v) is 9.16. The van der Waals surface area contributed by atoms with E-state index in [1.54, 1.807) is 0 Å². The molecule has 7 unspecified atom stereocenters. The molecule has 140 valence electrons. The lowest BCUT2D eigenvalue weighted by molar-refractivity contribution is -0.277. The Morgan fingerprint density at radius 1 is 1.20 bits per heavy atom. The van der Waals surface area contributed by atoms with E-state index in [0.717, 1.165) is 25.7 Å². The minimum Gasteiger partial charge on any atom is -0.458 e. The van der Waals surface area contributed by atoms with E-state index in [1.807, 2.05) is 0 Å². The summed E-state index contributed by atoms with van der Waals surface area (Å²) in [7, 11) is 0. The minimum atomic E-state index is -0.447. The lowest BCUT2D eigenvalue weighted by Crippen LogP contribution is -2.71. The fraction of sp³-hybridized carbons (Fsp3) is 0.773. The van der Waals surface area contributed by atoms with Gasteiger partial charge in [0, 0.05) is 18.3 Å². The van der Waals surface area contributed by atoms with Crippen LogP contribution in [-0.4, -0.2) is 22.8 Å². The molecule has 0 heterocycles. The van der Waals surface area contributed by atoms with Crippen LogP contribution in [0.25, 0.3) is 0 Å². The van der Waals surface area contributed by atoms with E-state index in [2.05, 4.69) is 46.8 Å². The first-order valence-electron chi connectivity index (χ1n) is 9.82. The Morgan fingerprint density at radius 3 is 2.48 bits per heavy atom. The molecule has 0 amide bonds. The number of carbonyl (C=O) groups is 1. The van der Waals surface area contributed by atoms with Crippen LogP contribution in [-0.2, 0) is 9.53 Å². The average molecular weight is 347 g/mol. The van der Waals surface area contributed by atoms with E-state index in [1.165, 1.54) is 18.1 Å². The number of ether oxygens (including phenoxy) is 1. The average Bonchev–Trinajstić information content (AvgIpc) is 2.91. The fourth-order valence-electron chi connectivity index (χ4n) is 6.47. The zero-order valence-corrected chi connectivity index (χ0v) is 16.6. The van der Waals surface area contributed by atoms with Gasteiger partial charge in [0.25, 0.3) is 0 Å². The van der Waals surface area contributed by atoms with Gasteiger partial charge in [-0.2, -0.15) is 0 Å². The predicted octanol–water partition coefficient (Wildman–Crippen LogP) is 4.65. The number of fused-ring (bicyclic) bond motifs is 4. The zero-order valence-electron chi connectivity index (χ0n) is 16.6. The third-order valence-electron chi connectivity index (χ3n) is 7.59. The molecule has 3 aliphatic rings. The summed E-state index contributed by atoms with van der Waals surface area (Å²) in [5, 5.41) is 11.0. The summed E-state index contributed by atoms with van der Waals surface area (Å²) in [5.41, 5.74) is 1.98. The molecule has 3 nitrogen and oxygen atoms in total. The van der Waals surface area contributed by atoms with Crippen LogP contribution in [0.4, 0.5) is 0 Å². The van der Waals surface area contributed by atoms with Crippen LogP contribution in [0.5, 0.6) is 0 Å². The summed E-state index contributed by atoms with van der Waals surface area (Å²) in [4.78, 5) is 11.8. The summed E-state index contributed by atoms with van der Waals surface area (Å²) in [6, 6.07) is 0. The van der Waals surface area contributed by atoms with Crippen molar-refractivity contribution >= 4 is 5.97 Å². The summed E-state index contributed by atoms with van der Waals surface area (Å²) in [6.07, 6.45) is 7.91.